The van der Waals surface area contributed by atoms with Crippen LogP contribution in [0.3, 0.4) is 0 Å². The molecule has 4 rings (SSSR count). The number of imidazole rings is 1. The van der Waals surface area contributed by atoms with E-state index in [4.69, 9.17) is 16.3 Å². The van der Waals surface area contributed by atoms with Crippen LogP contribution in [0.5, 0.6) is 5.75 Å². The molecule has 0 fully saturated rings. The minimum Gasteiger partial charge on any atom is -0.493 e. The topological polar surface area (TPSA) is 39.9 Å². The van der Waals surface area contributed by atoms with Crippen LogP contribution in [0.25, 0.3) is 11.0 Å². The first-order valence-electron chi connectivity index (χ1n) is 6.97. The molecule has 0 aliphatic carbocycles. The van der Waals surface area contributed by atoms with Crippen molar-refractivity contribution in [3.63, 3.8) is 0 Å². The van der Waals surface area contributed by atoms with Crippen molar-refractivity contribution in [1.82, 2.24) is 14.5 Å². The Labute approximate surface area is 127 Å². The largest absolute Gasteiger partial charge is 0.493 e. The molecule has 2 aromatic heterocycles. The van der Waals surface area contributed by atoms with Crippen molar-refractivity contribution in [2.45, 2.75) is 18.3 Å². The minimum atomic E-state index is 0.205. The van der Waals surface area contributed by atoms with E-state index < -0.39 is 0 Å². The molecule has 21 heavy (non-hydrogen) atoms. The fourth-order valence-electron chi connectivity index (χ4n) is 3.03. The second-order valence-electron chi connectivity index (χ2n) is 5.09. The van der Waals surface area contributed by atoms with Gasteiger partial charge in [-0.05, 0) is 12.1 Å². The standard InChI is InChI=1S/C16H14ClN3O/c17-9-16-19-12-10-18-7-5-14(12)20(16)13-6-8-21-15-4-2-1-3-11(13)15/h1-5,7,10,13H,6,8-9H2. The van der Waals surface area contributed by atoms with E-state index in [1.165, 1.54) is 5.56 Å². The Kier molecular flexibility index (Phi) is 3.04. The summed E-state index contributed by atoms with van der Waals surface area (Å²) in [7, 11) is 0. The number of alkyl halides is 1. The summed E-state index contributed by atoms with van der Waals surface area (Å²) in [5.74, 6) is 2.21. The van der Waals surface area contributed by atoms with E-state index in [-0.39, 0.29) is 6.04 Å². The number of rotatable bonds is 2. The third kappa shape index (κ3) is 1.98. The first kappa shape index (κ1) is 12.7. The SMILES string of the molecule is ClCc1nc2cnccc2n1C1CCOc2ccccc21. The maximum atomic E-state index is 6.11. The van der Waals surface area contributed by atoms with Gasteiger partial charge in [0.1, 0.15) is 17.1 Å². The van der Waals surface area contributed by atoms with E-state index in [0.717, 1.165) is 29.0 Å². The fraction of sp³-hybridized carbons (Fsp3) is 0.250. The summed E-state index contributed by atoms with van der Waals surface area (Å²) in [6.45, 7) is 0.703. The van der Waals surface area contributed by atoms with Gasteiger partial charge in [0.2, 0.25) is 0 Å². The number of benzene rings is 1. The molecule has 0 spiro atoms. The molecule has 1 atom stereocenters. The molecule has 1 aromatic carbocycles. The molecule has 3 heterocycles. The van der Waals surface area contributed by atoms with Crippen molar-refractivity contribution in [1.29, 1.82) is 0 Å². The van der Waals surface area contributed by atoms with Crippen LogP contribution in [0.4, 0.5) is 0 Å². The van der Waals surface area contributed by atoms with Crippen LogP contribution in [-0.4, -0.2) is 21.1 Å². The highest BCUT2D eigenvalue weighted by molar-refractivity contribution is 6.16. The second kappa shape index (κ2) is 5.04. The molecule has 4 nitrogen and oxygen atoms in total. The highest BCUT2D eigenvalue weighted by atomic mass is 35.5. The molecule has 0 N–H and O–H groups in total. The Morgan fingerprint density at radius 1 is 1.29 bits per heavy atom. The molecule has 0 radical (unpaired) electrons. The average Bonchev–Trinajstić information content (AvgIpc) is 2.92. The molecule has 1 aliphatic rings. The maximum Gasteiger partial charge on any atom is 0.125 e. The summed E-state index contributed by atoms with van der Waals surface area (Å²) in [4.78, 5) is 8.75. The van der Waals surface area contributed by atoms with Gasteiger partial charge < -0.3 is 9.30 Å². The van der Waals surface area contributed by atoms with E-state index in [2.05, 4.69) is 20.6 Å². The number of halogens is 1. The number of nitrogens with zero attached hydrogens (tertiary/aromatic N) is 3. The van der Waals surface area contributed by atoms with Crippen LogP contribution < -0.4 is 4.74 Å². The Hall–Kier alpha value is -2.07. The normalized spacial score (nSPS) is 17.5. The number of ether oxygens (including phenoxy) is 1. The lowest BCUT2D eigenvalue weighted by molar-refractivity contribution is 0.257. The Bertz CT molecular complexity index is 799. The lowest BCUT2D eigenvalue weighted by Gasteiger charge is -2.28. The van der Waals surface area contributed by atoms with Crippen LogP contribution in [0.1, 0.15) is 23.9 Å². The van der Waals surface area contributed by atoms with Crippen LogP contribution >= 0.6 is 11.6 Å². The fourth-order valence-corrected chi connectivity index (χ4v) is 3.22. The van der Waals surface area contributed by atoms with Crippen molar-refractivity contribution < 1.29 is 4.74 Å². The van der Waals surface area contributed by atoms with E-state index in [1.807, 2.05) is 24.3 Å². The highest BCUT2D eigenvalue weighted by Crippen LogP contribution is 2.37. The summed E-state index contributed by atoms with van der Waals surface area (Å²) in [5, 5.41) is 0. The second-order valence-corrected chi connectivity index (χ2v) is 5.35. The monoisotopic (exact) mass is 299 g/mol. The van der Waals surface area contributed by atoms with Gasteiger partial charge in [-0.25, -0.2) is 4.98 Å². The number of aromatic nitrogens is 3. The summed E-state index contributed by atoms with van der Waals surface area (Å²) in [5.41, 5.74) is 3.14. The lowest BCUT2D eigenvalue weighted by atomic mass is 10.00. The van der Waals surface area contributed by atoms with Gasteiger partial charge in [0.15, 0.2) is 0 Å². The van der Waals surface area contributed by atoms with Crippen LogP contribution in [0.15, 0.2) is 42.7 Å². The number of para-hydroxylation sites is 1. The third-order valence-electron chi connectivity index (χ3n) is 3.92. The summed E-state index contributed by atoms with van der Waals surface area (Å²) in [6.07, 6.45) is 4.49. The molecule has 3 aromatic rings. The first-order valence-corrected chi connectivity index (χ1v) is 7.50. The average molecular weight is 300 g/mol. The lowest BCUT2D eigenvalue weighted by Crippen LogP contribution is -2.21. The Morgan fingerprint density at radius 3 is 3.10 bits per heavy atom. The molecule has 0 amide bonds. The summed E-state index contributed by atoms with van der Waals surface area (Å²) >= 11 is 6.11. The Balaban J connectivity index is 1.95. The number of pyridine rings is 1. The van der Waals surface area contributed by atoms with Gasteiger partial charge in [0.05, 0.1) is 30.2 Å². The molecule has 0 bridgehead atoms. The third-order valence-corrected chi connectivity index (χ3v) is 4.16. The number of fused-ring (bicyclic) bond motifs is 2. The van der Waals surface area contributed by atoms with E-state index in [0.29, 0.717) is 12.5 Å². The molecule has 0 saturated heterocycles. The molecule has 1 unspecified atom stereocenters. The first-order chi connectivity index (χ1) is 10.4. The quantitative estimate of drug-likeness (QED) is 0.680. The van der Waals surface area contributed by atoms with Gasteiger partial charge in [-0.15, -0.1) is 11.6 Å². The van der Waals surface area contributed by atoms with Crippen molar-refractivity contribution >= 4 is 22.6 Å². The van der Waals surface area contributed by atoms with Crippen molar-refractivity contribution in [3.05, 3.63) is 54.1 Å². The highest BCUT2D eigenvalue weighted by Gasteiger charge is 2.26. The summed E-state index contributed by atoms with van der Waals surface area (Å²) < 4.78 is 7.99. The predicted octanol–water partition coefficient (Wildman–Crippen LogP) is 3.54. The van der Waals surface area contributed by atoms with E-state index in [9.17, 15) is 0 Å². The molecule has 106 valence electrons. The number of hydrogen-bond acceptors (Lipinski definition) is 3. The van der Waals surface area contributed by atoms with Gasteiger partial charge in [0.25, 0.3) is 0 Å². The predicted molar refractivity (Wildman–Crippen MR) is 81.8 cm³/mol. The van der Waals surface area contributed by atoms with Crippen LogP contribution in [-0.2, 0) is 5.88 Å². The molecule has 5 heteroatoms. The zero-order valence-electron chi connectivity index (χ0n) is 11.4. The van der Waals surface area contributed by atoms with Crippen LogP contribution in [0.2, 0.25) is 0 Å². The molecular formula is C16H14ClN3O. The van der Waals surface area contributed by atoms with Gasteiger partial charge in [0, 0.05) is 18.2 Å². The van der Waals surface area contributed by atoms with Gasteiger partial charge >= 0.3 is 0 Å². The van der Waals surface area contributed by atoms with Crippen molar-refractivity contribution in [2.75, 3.05) is 6.61 Å². The van der Waals surface area contributed by atoms with Crippen LogP contribution in [0, 0.1) is 0 Å². The minimum absolute atomic E-state index is 0.205. The molecule has 1 aliphatic heterocycles. The molecule has 0 saturated carbocycles. The summed E-state index contributed by atoms with van der Waals surface area (Å²) in [6, 6.07) is 10.4. The van der Waals surface area contributed by atoms with Gasteiger partial charge in [-0.2, -0.15) is 0 Å². The molecular weight excluding hydrogens is 286 g/mol. The van der Waals surface area contributed by atoms with E-state index in [1.54, 1.807) is 12.4 Å². The van der Waals surface area contributed by atoms with Gasteiger partial charge in [-0.3, -0.25) is 4.98 Å². The maximum absolute atomic E-state index is 6.11. The zero-order chi connectivity index (χ0) is 14.2. The van der Waals surface area contributed by atoms with Crippen molar-refractivity contribution in [2.24, 2.45) is 0 Å². The van der Waals surface area contributed by atoms with Crippen molar-refractivity contribution in [3.8, 4) is 5.75 Å². The zero-order valence-corrected chi connectivity index (χ0v) is 12.1. The van der Waals surface area contributed by atoms with E-state index >= 15 is 0 Å². The number of hydrogen-bond donors (Lipinski definition) is 0. The van der Waals surface area contributed by atoms with Gasteiger partial charge in [-0.1, -0.05) is 18.2 Å². The Morgan fingerprint density at radius 2 is 2.19 bits per heavy atom. The smallest absolute Gasteiger partial charge is 0.125 e.